The lowest BCUT2D eigenvalue weighted by Crippen LogP contribution is -2.46. The van der Waals surface area contributed by atoms with Crippen LogP contribution in [0.1, 0.15) is 61.8 Å². The summed E-state index contributed by atoms with van der Waals surface area (Å²) in [6.45, 7) is 6.52. The second-order valence-corrected chi connectivity index (χ2v) is 10.1. The number of nitrogens with one attached hydrogen (secondary N) is 1. The zero-order valence-electron chi connectivity index (χ0n) is 18.4. The number of thiophene rings is 1. The molecule has 5 rings (SSSR count). The summed E-state index contributed by atoms with van der Waals surface area (Å²) in [6, 6.07) is 2.71. The predicted octanol–water partition coefficient (Wildman–Crippen LogP) is 3.87. The van der Waals surface area contributed by atoms with E-state index in [1.165, 1.54) is 28.7 Å². The maximum Gasteiger partial charge on any atom is 0.220 e. The molecule has 0 radical (unpaired) electrons. The number of carbonyl (C=O) groups excluding carboxylic acids is 1. The van der Waals surface area contributed by atoms with Crippen molar-refractivity contribution in [2.45, 2.75) is 69.9 Å². The Morgan fingerprint density at radius 3 is 2.84 bits per heavy atom. The average Bonchev–Trinajstić information content (AvgIpc) is 3.35. The molecule has 2 aromatic rings. The summed E-state index contributed by atoms with van der Waals surface area (Å²) in [7, 11) is 0. The quantitative estimate of drug-likeness (QED) is 0.734. The van der Waals surface area contributed by atoms with Crippen molar-refractivity contribution in [3.8, 4) is 5.75 Å². The maximum atomic E-state index is 12.3. The van der Waals surface area contributed by atoms with Crippen molar-refractivity contribution in [2.24, 2.45) is 0 Å². The Morgan fingerprint density at radius 2 is 2.06 bits per heavy atom. The minimum absolute atomic E-state index is 0.146. The van der Waals surface area contributed by atoms with Gasteiger partial charge in [0.2, 0.25) is 5.91 Å². The van der Waals surface area contributed by atoms with Gasteiger partial charge < -0.3 is 14.8 Å². The minimum Gasteiger partial charge on any atom is -0.490 e. The monoisotopic (exact) mass is 443 g/mol. The topological polar surface area (TPSA) is 63.7 Å². The first-order valence-corrected chi connectivity index (χ1v) is 12.7. The van der Waals surface area contributed by atoms with Crippen molar-refractivity contribution < 1.29 is 14.3 Å². The van der Waals surface area contributed by atoms with Crippen LogP contribution in [0.15, 0.2) is 12.3 Å². The zero-order valence-corrected chi connectivity index (χ0v) is 19.2. The summed E-state index contributed by atoms with van der Waals surface area (Å²) in [6.07, 6.45) is 9.38. The van der Waals surface area contributed by atoms with E-state index in [4.69, 9.17) is 9.47 Å². The molecule has 2 aromatic heterocycles. The molecule has 1 aliphatic heterocycles. The lowest BCUT2D eigenvalue weighted by molar-refractivity contribution is -0.121. The van der Waals surface area contributed by atoms with E-state index in [1.807, 2.05) is 19.2 Å². The Balaban J connectivity index is 1.30. The van der Waals surface area contributed by atoms with Crippen LogP contribution in [0.4, 0.5) is 0 Å². The van der Waals surface area contributed by atoms with Gasteiger partial charge in [-0.2, -0.15) is 0 Å². The molecule has 7 heteroatoms. The largest absolute Gasteiger partial charge is 0.490 e. The molecule has 0 unspecified atom stereocenters. The molecule has 6 nitrogen and oxygen atoms in total. The smallest absolute Gasteiger partial charge is 0.220 e. The number of hydrogen-bond acceptors (Lipinski definition) is 6. The molecule has 168 valence electrons. The number of aromatic nitrogens is 1. The minimum atomic E-state index is 0.146. The van der Waals surface area contributed by atoms with E-state index >= 15 is 0 Å². The number of nitrogens with zero attached hydrogens (tertiary/aromatic N) is 2. The second-order valence-electron chi connectivity index (χ2n) is 9.02. The number of aryl methyl sites for hydroxylation is 1. The van der Waals surface area contributed by atoms with Crippen molar-refractivity contribution in [1.29, 1.82) is 0 Å². The SMILES string of the molecule is CCNC(=O)C[C@H]1CCc2sc3nccc(OC4CCC(N5CCOCC5)CC4)c3c21. The molecule has 1 saturated carbocycles. The normalized spacial score (nSPS) is 26.7. The Labute approximate surface area is 188 Å². The predicted molar refractivity (Wildman–Crippen MR) is 123 cm³/mol. The number of fused-ring (bicyclic) bond motifs is 3. The third-order valence-corrected chi connectivity index (χ3v) is 8.27. The van der Waals surface area contributed by atoms with Crippen molar-refractivity contribution in [3.05, 3.63) is 22.7 Å². The number of morpholine rings is 1. The van der Waals surface area contributed by atoms with Gasteiger partial charge in [0.05, 0.1) is 24.7 Å². The highest BCUT2D eigenvalue weighted by Crippen LogP contribution is 2.48. The third-order valence-electron chi connectivity index (χ3n) is 7.10. The lowest BCUT2D eigenvalue weighted by atomic mass is 9.91. The van der Waals surface area contributed by atoms with Crippen molar-refractivity contribution in [3.63, 3.8) is 0 Å². The van der Waals surface area contributed by atoms with E-state index in [9.17, 15) is 4.79 Å². The van der Waals surface area contributed by atoms with Crippen LogP contribution in [0.5, 0.6) is 5.75 Å². The fourth-order valence-corrected chi connectivity index (χ4v) is 6.83. The number of carbonyl (C=O) groups is 1. The van der Waals surface area contributed by atoms with Crippen molar-refractivity contribution in [2.75, 3.05) is 32.8 Å². The van der Waals surface area contributed by atoms with Crippen LogP contribution in [0.3, 0.4) is 0 Å². The highest BCUT2D eigenvalue weighted by atomic mass is 32.1. The molecule has 3 aliphatic rings. The molecular weight excluding hydrogens is 410 g/mol. The molecular formula is C24H33N3O3S. The highest BCUT2D eigenvalue weighted by molar-refractivity contribution is 7.19. The van der Waals surface area contributed by atoms with Crippen LogP contribution in [0.2, 0.25) is 0 Å². The van der Waals surface area contributed by atoms with Gasteiger partial charge in [-0.3, -0.25) is 9.69 Å². The summed E-state index contributed by atoms with van der Waals surface area (Å²) in [5.41, 5.74) is 1.33. The summed E-state index contributed by atoms with van der Waals surface area (Å²) >= 11 is 1.78. The van der Waals surface area contributed by atoms with Gasteiger partial charge in [0, 0.05) is 43.2 Å². The summed E-state index contributed by atoms with van der Waals surface area (Å²) in [4.78, 5) is 22.0. The number of pyridine rings is 1. The lowest BCUT2D eigenvalue weighted by Gasteiger charge is -2.38. The molecule has 2 fully saturated rings. The van der Waals surface area contributed by atoms with Gasteiger partial charge in [-0.25, -0.2) is 4.98 Å². The Hall–Kier alpha value is -1.70. The second kappa shape index (κ2) is 9.43. The van der Waals surface area contributed by atoms with Crippen LogP contribution in [-0.2, 0) is 16.0 Å². The molecule has 0 bridgehead atoms. The van der Waals surface area contributed by atoms with Gasteiger partial charge in [-0.05, 0) is 63.0 Å². The Kier molecular flexibility index (Phi) is 6.44. The first-order chi connectivity index (χ1) is 15.2. The fraction of sp³-hybridized carbons (Fsp3) is 0.667. The van der Waals surface area contributed by atoms with Crippen LogP contribution < -0.4 is 10.1 Å². The molecule has 1 amide bonds. The molecule has 31 heavy (non-hydrogen) atoms. The van der Waals surface area contributed by atoms with E-state index in [0.29, 0.717) is 19.0 Å². The van der Waals surface area contributed by atoms with Gasteiger partial charge in [0.1, 0.15) is 10.6 Å². The standard InChI is InChI=1S/C24H33N3O3S/c1-2-25-21(28)15-16-3-8-20-22(16)23-19(9-10-26-24(23)31-20)30-18-6-4-17(5-7-18)27-11-13-29-14-12-27/h9-10,16-18H,2-8,11-15H2,1H3,(H,25,28)/t16-,17?,18?/m1/s1. The first-order valence-electron chi connectivity index (χ1n) is 11.9. The van der Waals surface area contributed by atoms with E-state index in [1.54, 1.807) is 11.3 Å². The molecule has 1 atom stereocenters. The number of ether oxygens (including phenoxy) is 2. The van der Waals surface area contributed by atoms with Crippen LogP contribution in [-0.4, -0.2) is 60.8 Å². The molecule has 1 saturated heterocycles. The highest BCUT2D eigenvalue weighted by Gasteiger charge is 2.32. The van der Waals surface area contributed by atoms with E-state index in [2.05, 4.69) is 15.2 Å². The zero-order chi connectivity index (χ0) is 21.2. The van der Waals surface area contributed by atoms with Crippen molar-refractivity contribution >= 4 is 27.5 Å². The maximum absolute atomic E-state index is 12.3. The van der Waals surface area contributed by atoms with Gasteiger partial charge in [-0.1, -0.05) is 0 Å². The summed E-state index contributed by atoms with van der Waals surface area (Å²) in [5, 5.41) is 4.13. The Morgan fingerprint density at radius 1 is 1.26 bits per heavy atom. The Bertz CT molecular complexity index is 916. The molecule has 0 spiro atoms. The summed E-state index contributed by atoms with van der Waals surface area (Å²) < 4.78 is 12.1. The van der Waals surface area contributed by atoms with Gasteiger partial charge in [-0.15, -0.1) is 11.3 Å². The van der Waals surface area contributed by atoms with Crippen LogP contribution >= 0.6 is 11.3 Å². The van der Waals surface area contributed by atoms with Crippen LogP contribution in [0.25, 0.3) is 10.2 Å². The average molecular weight is 444 g/mol. The molecule has 2 aliphatic carbocycles. The first kappa shape index (κ1) is 21.2. The van der Waals surface area contributed by atoms with Gasteiger partial charge in [0.15, 0.2) is 0 Å². The van der Waals surface area contributed by atoms with Crippen molar-refractivity contribution in [1.82, 2.24) is 15.2 Å². The number of rotatable bonds is 6. The molecule has 0 aromatic carbocycles. The van der Waals surface area contributed by atoms with Crippen LogP contribution in [0, 0.1) is 0 Å². The number of amides is 1. The fourth-order valence-electron chi connectivity index (χ4n) is 5.58. The van der Waals surface area contributed by atoms with Gasteiger partial charge >= 0.3 is 0 Å². The molecule has 3 heterocycles. The number of hydrogen-bond donors (Lipinski definition) is 1. The van der Waals surface area contributed by atoms with E-state index < -0.39 is 0 Å². The van der Waals surface area contributed by atoms with E-state index in [-0.39, 0.29) is 17.9 Å². The van der Waals surface area contributed by atoms with Gasteiger partial charge in [0.25, 0.3) is 0 Å². The third kappa shape index (κ3) is 4.45. The van der Waals surface area contributed by atoms with E-state index in [0.717, 1.165) is 62.6 Å². The molecule has 1 N–H and O–H groups in total. The summed E-state index contributed by atoms with van der Waals surface area (Å²) in [5.74, 6) is 1.39.